The lowest BCUT2D eigenvalue weighted by atomic mass is 10.1. The lowest BCUT2D eigenvalue weighted by Gasteiger charge is -2.31. The van der Waals surface area contributed by atoms with Gasteiger partial charge in [-0.1, -0.05) is 11.6 Å². The van der Waals surface area contributed by atoms with E-state index in [-0.39, 0.29) is 24.0 Å². The third-order valence-electron chi connectivity index (χ3n) is 3.59. The summed E-state index contributed by atoms with van der Waals surface area (Å²) in [6.45, 7) is 2.28. The van der Waals surface area contributed by atoms with E-state index in [1.165, 1.54) is 10.4 Å². The molecule has 9 heteroatoms. The van der Waals surface area contributed by atoms with Crippen LogP contribution >= 0.6 is 11.6 Å². The van der Waals surface area contributed by atoms with Crippen LogP contribution in [0.3, 0.4) is 0 Å². The third kappa shape index (κ3) is 4.20. The van der Waals surface area contributed by atoms with Crippen molar-refractivity contribution in [3.8, 4) is 0 Å². The maximum absolute atomic E-state index is 12.7. The minimum absolute atomic E-state index is 0.215. The molecule has 2 rings (SSSR count). The molecule has 0 atom stereocenters. The van der Waals surface area contributed by atoms with Crippen molar-refractivity contribution in [1.29, 1.82) is 0 Å². The Bertz CT molecular complexity index is 754. The van der Waals surface area contributed by atoms with Crippen molar-refractivity contribution in [1.82, 2.24) is 9.03 Å². The number of sulfonamides is 2. The fourth-order valence-electron chi connectivity index (χ4n) is 2.56. The summed E-state index contributed by atoms with van der Waals surface area (Å²) in [5, 5.41) is 0.493. The summed E-state index contributed by atoms with van der Waals surface area (Å²) in [6.07, 6.45) is 2.02. The molecule has 0 spiro atoms. The molecule has 6 nitrogen and oxygen atoms in total. The van der Waals surface area contributed by atoms with E-state index in [9.17, 15) is 16.8 Å². The number of aryl methyl sites for hydroxylation is 1. The van der Waals surface area contributed by atoms with Crippen LogP contribution in [0.1, 0.15) is 18.4 Å². The topological polar surface area (TPSA) is 83.6 Å². The summed E-state index contributed by atoms with van der Waals surface area (Å²) in [7, 11) is -6.85. The quantitative estimate of drug-likeness (QED) is 0.871. The van der Waals surface area contributed by atoms with E-state index in [4.69, 9.17) is 11.6 Å². The number of rotatable bonds is 4. The zero-order chi connectivity index (χ0) is 16.5. The van der Waals surface area contributed by atoms with Crippen molar-refractivity contribution >= 4 is 31.6 Å². The van der Waals surface area contributed by atoms with Crippen LogP contribution in [-0.4, -0.2) is 46.5 Å². The molecule has 0 bridgehead atoms. The second kappa shape index (κ2) is 6.45. The highest BCUT2D eigenvalue weighted by Crippen LogP contribution is 2.25. The third-order valence-corrected chi connectivity index (χ3v) is 6.64. The van der Waals surface area contributed by atoms with Gasteiger partial charge in [0.15, 0.2) is 0 Å². The molecule has 124 valence electrons. The highest BCUT2D eigenvalue weighted by atomic mass is 35.5. The van der Waals surface area contributed by atoms with Crippen LogP contribution in [0.2, 0.25) is 5.02 Å². The van der Waals surface area contributed by atoms with Gasteiger partial charge in [0.1, 0.15) is 0 Å². The van der Waals surface area contributed by atoms with Crippen LogP contribution in [0.5, 0.6) is 0 Å². The van der Waals surface area contributed by atoms with Gasteiger partial charge in [-0.05, 0) is 43.5 Å². The Morgan fingerprint density at radius 1 is 1.18 bits per heavy atom. The Balaban J connectivity index is 2.13. The summed E-state index contributed by atoms with van der Waals surface area (Å²) < 4.78 is 51.7. The average Bonchev–Trinajstić information content (AvgIpc) is 2.36. The van der Waals surface area contributed by atoms with E-state index in [1.807, 2.05) is 0 Å². The highest BCUT2D eigenvalue weighted by Gasteiger charge is 2.31. The molecule has 0 amide bonds. The first kappa shape index (κ1) is 17.7. The lowest BCUT2D eigenvalue weighted by Crippen LogP contribution is -2.46. The van der Waals surface area contributed by atoms with Crippen LogP contribution in [0.25, 0.3) is 0 Å². The van der Waals surface area contributed by atoms with Crippen molar-refractivity contribution in [3.63, 3.8) is 0 Å². The molecule has 1 heterocycles. The molecule has 0 saturated carbocycles. The fourth-order valence-corrected chi connectivity index (χ4v) is 5.30. The van der Waals surface area contributed by atoms with E-state index in [2.05, 4.69) is 4.72 Å². The Morgan fingerprint density at radius 2 is 1.77 bits per heavy atom. The highest BCUT2D eigenvalue weighted by molar-refractivity contribution is 7.89. The minimum atomic E-state index is -3.58. The van der Waals surface area contributed by atoms with Gasteiger partial charge in [-0.25, -0.2) is 21.6 Å². The second-order valence-corrected chi connectivity index (χ2v) is 9.60. The van der Waals surface area contributed by atoms with Crippen LogP contribution in [0.15, 0.2) is 23.1 Å². The van der Waals surface area contributed by atoms with Gasteiger partial charge >= 0.3 is 0 Å². The molecular formula is C13H19ClN2O4S2. The smallest absolute Gasteiger partial charge is 0.213 e. The number of hydrogen-bond donors (Lipinski definition) is 1. The minimum Gasteiger partial charge on any atom is -0.213 e. The average molecular weight is 367 g/mol. The number of halogens is 1. The zero-order valence-electron chi connectivity index (χ0n) is 12.4. The largest absolute Gasteiger partial charge is 0.243 e. The van der Waals surface area contributed by atoms with Crippen molar-refractivity contribution in [3.05, 3.63) is 28.8 Å². The summed E-state index contributed by atoms with van der Waals surface area (Å²) in [6, 6.07) is 4.47. The molecule has 1 aliphatic rings. The maximum Gasteiger partial charge on any atom is 0.243 e. The van der Waals surface area contributed by atoms with E-state index in [1.54, 1.807) is 19.1 Å². The van der Waals surface area contributed by atoms with Crippen LogP contribution in [0, 0.1) is 6.92 Å². The predicted molar refractivity (Wildman–Crippen MR) is 85.9 cm³/mol. The van der Waals surface area contributed by atoms with Gasteiger partial charge < -0.3 is 0 Å². The number of hydrogen-bond acceptors (Lipinski definition) is 4. The van der Waals surface area contributed by atoms with Crippen molar-refractivity contribution in [2.24, 2.45) is 0 Å². The van der Waals surface area contributed by atoms with Crippen molar-refractivity contribution in [2.75, 3.05) is 19.3 Å². The number of benzene rings is 1. The Kier molecular flexibility index (Phi) is 5.18. The molecule has 1 fully saturated rings. The Hall–Kier alpha value is -0.670. The SMILES string of the molecule is Cc1cc(Cl)ccc1S(=O)(=O)N1CCC(NS(C)(=O)=O)CC1. The van der Waals surface area contributed by atoms with E-state index < -0.39 is 20.0 Å². The summed E-state index contributed by atoms with van der Waals surface area (Å²) >= 11 is 5.86. The number of nitrogens with one attached hydrogen (secondary N) is 1. The van der Waals surface area contributed by atoms with Gasteiger partial charge in [0.25, 0.3) is 0 Å². The Labute approximate surface area is 136 Å². The van der Waals surface area contributed by atoms with Gasteiger partial charge in [0.2, 0.25) is 20.0 Å². The molecular weight excluding hydrogens is 348 g/mol. The van der Waals surface area contributed by atoms with E-state index >= 15 is 0 Å². The monoisotopic (exact) mass is 366 g/mol. The molecule has 1 aliphatic heterocycles. The van der Waals surface area contributed by atoms with Gasteiger partial charge in [-0.3, -0.25) is 0 Å². The first-order valence-corrected chi connectivity index (χ1v) is 10.5. The molecule has 0 aromatic heterocycles. The lowest BCUT2D eigenvalue weighted by molar-refractivity contribution is 0.308. The summed E-state index contributed by atoms with van der Waals surface area (Å²) in [4.78, 5) is 0.242. The van der Waals surface area contributed by atoms with Gasteiger partial charge in [0.05, 0.1) is 11.2 Å². The normalized spacial score (nSPS) is 18.5. The standard InChI is InChI=1S/C13H19ClN2O4S2/c1-10-9-11(14)3-4-13(10)22(19,20)16-7-5-12(6-8-16)15-21(2,17)18/h3-4,9,12,15H,5-8H2,1-2H3. The van der Waals surface area contributed by atoms with Crippen LogP contribution in [0.4, 0.5) is 0 Å². The molecule has 0 aliphatic carbocycles. The molecule has 1 N–H and O–H groups in total. The van der Waals surface area contributed by atoms with Crippen LogP contribution in [-0.2, 0) is 20.0 Å². The molecule has 0 unspecified atom stereocenters. The molecule has 1 aromatic rings. The van der Waals surface area contributed by atoms with Gasteiger partial charge in [-0.2, -0.15) is 4.31 Å². The van der Waals surface area contributed by atoms with E-state index in [0.717, 1.165) is 6.26 Å². The van der Waals surface area contributed by atoms with Crippen molar-refractivity contribution < 1.29 is 16.8 Å². The summed E-state index contributed by atoms with van der Waals surface area (Å²) in [5.74, 6) is 0. The number of piperidine rings is 1. The number of nitrogens with zero attached hydrogens (tertiary/aromatic N) is 1. The first-order chi connectivity index (χ1) is 10.1. The van der Waals surface area contributed by atoms with Crippen molar-refractivity contribution in [2.45, 2.75) is 30.7 Å². The molecule has 1 saturated heterocycles. The predicted octanol–water partition coefficient (Wildman–Crippen LogP) is 1.35. The van der Waals surface area contributed by atoms with Crippen LogP contribution < -0.4 is 4.72 Å². The molecule has 1 aromatic carbocycles. The molecule has 0 radical (unpaired) electrons. The van der Waals surface area contributed by atoms with Gasteiger partial charge in [-0.15, -0.1) is 0 Å². The Morgan fingerprint density at radius 3 is 2.27 bits per heavy atom. The zero-order valence-corrected chi connectivity index (χ0v) is 14.8. The summed E-state index contributed by atoms with van der Waals surface area (Å²) in [5.41, 5.74) is 0.601. The van der Waals surface area contributed by atoms with E-state index in [0.29, 0.717) is 23.4 Å². The maximum atomic E-state index is 12.7. The first-order valence-electron chi connectivity index (χ1n) is 6.83. The second-order valence-electron chi connectivity index (χ2n) is 5.48. The molecule has 22 heavy (non-hydrogen) atoms. The fraction of sp³-hybridized carbons (Fsp3) is 0.538. The van der Waals surface area contributed by atoms with Gasteiger partial charge in [0, 0.05) is 24.2 Å².